The van der Waals surface area contributed by atoms with E-state index in [0.29, 0.717) is 43.0 Å². The fourth-order valence-corrected chi connectivity index (χ4v) is 4.33. The second-order valence-electron chi connectivity index (χ2n) is 9.13. The van der Waals surface area contributed by atoms with E-state index < -0.39 is 0 Å². The summed E-state index contributed by atoms with van der Waals surface area (Å²) in [4.78, 5) is 22.5. The number of likely N-dealkylation sites (tertiary alicyclic amines) is 1. The van der Waals surface area contributed by atoms with E-state index in [1.165, 1.54) is 12.4 Å². The Kier molecular flexibility index (Phi) is 6.22. The maximum Gasteiger partial charge on any atom is 0.410 e. The predicted octanol–water partition coefficient (Wildman–Crippen LogP) is 4.87. The lowest BCUT2D eigenvalue weighted by molar-refractivity contribution is 0.0586. The van der Waals surface area contributed by atoms with Crippen molar-refractivity contribution in [2.45, 2.75) is 53.1 Å². The lowest BCUT2D eigenvalue weighted by Gasteiger charge is -2.31. The number of amides is 1. The molecule has 2 unspecified atom stereocenters. The van der Waals surface area contributed by atoms with E-state index in [2.05, 4.69) is 15.3 Å². The number of hydrogen-bond donors (Lipinski definition) is 1. The molecular weight excluding hydrogens is 411 g/mol. The van der Waals surface area contributed by atoms with Crippen molar-refractivity contribution in [2.75, 3.05) is 25.0 Å². The summed E-state index contributed by atoms with van der Waals surface area (Å²) in [6.45, 7) is 9.50. The van der Waals surface area contributed by atoms with Gasteiger partial charge in [-0.25, -0.2) is 19.2 Å². The van der Waals surface area contributed by atoms with Crippen molar-refractivity contribution in [1.29, 1.82) is 0 Å². The number of rotatable bonds is 7. The Balaban J connectivity index is 1.37. The van der Waals surface area contributed by atoms with Crippen molar-refractivity contribution >= 4 is 17.6 Å². The molecular formula is C24H31FN4O3. The number of ether oxygens (including phenoxy) is 2. The summed E-state index contributed by atoms with van der Waals surface area (Å²) in [5, 5.41) is 3.06. The van der Waals surface area contributed by atoms with Gasteiger partial charge in [-0.2, -0.15) is 0 Å². The number of aromatic nitrogens is 2. The van der Waals surface area contributed by atoms with Crippen LogP contribution >= 0.6 is 0 Å². The molecule has 1 aliphatic heterocycles. The highest BCUT2D eigenvalue weighted by Gasteiger charge is 2.58. The van der Waals surface area contributed by atoms with E-state index in [4.69, 9.17) is 9.47 Å². The summed E-state index contributed by atoms with van der Waals surface area (Å²) >= 11 is 0. The minimum atomic E-state index is -0.313. The van der Waals surface area contributed by atoms with Crippen LogP contribution in [0, 0.1) is 24.1 Å². The van der Waals surface area contributed by atoms with Crippen molar-refractivity contribution in [3.8, 4) is 5.88 Å². The first-order valence-electron chi connectivity index (χ1n) is 11.3. The quantitative estimate of drug-likeness (QED) is 0.660. The third kappa shape index (κ3) is 4.64. The third-order valence-corrected chi connectivity index (χ3v) is 6.50. The monoisotopic (exact) mass is 442 g/mol. The van der Waals surface area contributed by atoms with E-state index in [-0.39, 0.29) is 23.4 Å². The van der Waals surface area contributed by atoms with Crippen molar-refractivity contribution in [3.05, 3.63) is 41.5 Å². The Morgan fingerprint density at radius 1 is 1.38 bits per heavy atom. The van der Waals surface area contributed by atoms with Gasteiger partial charge in [0.15, 0.2) is 0 Å². The lowest BCUT2D eigenvalue weighted by atomic mass is 9.96. The molecule has 0 bridgehead atoms. The van der Waals surface area contributed by atoms with Gasteiger partial charge in [0.1, 0.15) is 18.0 Å². The van der Waals surface area contributed by atoms with E-state index in [1.54, 1.807) is 11.0 Å². The first kappa shape index (κ1) is 22.3. The van der Waals surface area contributed by atoms with Gasteiger partial charge in [-0.15, -0.1) is 0 Å². The van der Waals surface area contributed by atoms with Crippen LogP contribution in [0.3, 0.4) is 0 Å². The van der Waals surface area contributed by atoms with Gasteiger partial charge in [0, 0.05) is 18.5 Å². The molecule has 2 heterocycles. The van der Waals surface area contributed by atoms with E-state index in [9.17, 15) is 9.18 Å². The summed E-state index contributed by atoms with van der Waals surface area (Å²) in [7, 11) is 0. The molecule has 4 rings (SSSR count). The number of benzene rings is 1. The van der Waals surface area contributed by atoms with E-state index in [0.717, 1.165) is 30.4 Å². The van der Waals surface area contributed by atoms with Gasteiger partial charge in [0.2, 0.25) is 5.88 Å². The van der Waals surface area contributed by atoms with Crippen molar-refractivity contribution in [1.82, 2.24) is 14.9 Å². The Morgan fingerprint density at radius 2 is 2.19 bits per heavy atom. The third-order valence-electron chi connectivity index (χ3n) is 6.50. The molecule has 2 fully saturated rings. The minimum Gasteiger partial charge on any atom is -0.477 e. The Bertz CT molecular complexity index is 999. The van der Waals surface area contributed by atoms with Crippen LogP contribution in [0.15, 0.2) is 24.5 Å². The number of hydrogen-bond acceptors (Lipinski definition) is 6. The van der Waals surface area contributed by atoms with Gasteiger partial charge in [-0.1, -0.05) is 13.0 Å². The molecule has 1 aromatic heterocycles. The number of fused-ring (bicyclic) bond motifs is 1. The van der Waals surface area contributed by atoms with Gasteiger partial charge in [0.05, 0.1) is 24.0 Å². The largest absolute Gasteiger partial charge is 0.477 e. The topological polar surface area (TPSA) is 76.6 Å². The first-order valence-corrected chi connectivity index (χ1v) is 11.3. The van der Waals surface area contributed by atoms with Crippen molar-refractivity contribution in [3.63, 3.8) is 0 Å². The van der Waals surface area contributed by atoms with Gasteiger partial charge in [-0.3, -0.25) is 0 Å². The summed E-state index contributed by atoms with van der Waals surface area (Å²) in [5.41, 5.74) is 2.13. The number of halogens is 1. The molecule has 0 spiro atoms. The minimum absolute atomic E-state index is 0.0850. The SMILES string of the molecule is CCc1ccc(Nc2ncnc(OCC34CCN(C(=O)OC(C)C)CC3C4)c2C)c(F)c1. The van der Waals surface area contributed by atoms with Crippen molar-refractivity contribution < 1.29 is 18.7 Å². The number of nitrogens with zero attached hydrogens (tertiary/aromatic N) is 3. The van der Waals surface area contributed by atoms with E-state index in [1.807, 2.05) is 33.8 Å². The molecule has 1 aromatic carbocycles. The molecule has 7 nitrogen and oxygen atoms in total. The summed E-state index contributed by atoms with van der Waals surface area (Å²) in [6, 6.07) is 5.16. The van der Waals surface area contributed by atoms with Crippen LogP contribution in [-0.2, 0) is 11.2 Å². The second-order valence-corrected chi connectivity index (χ2v) is 9.13. The molecule has 2 atom stereocenters. The zero-order chi connectivity index (χ0) is 22.9. The highest BCUT2D eigenvalue weighted by atomic mass is 19.1. The van der Waals surface area contributed by atoms with Crippen LogP contribution in [0.2, 0.25) is 0 Å². The van der Waals surface area contributed by atoms with Gasteiger partial charge >= 0.3 is 6.09 Å². The molecule has 1 saturated heterocycles. The molecule has 2 aliphatic rings. The average Bonchev–Trinajstić information content (AvgIpc) is 3.49. The number of carbonyl (C=O) groups excluding carboxylic acids is 1. The Morgan fingerprint density at radius 3 is 2.88 bits per heavy atom. The van der Waals surface area contributed by atoms with Gasteiger partial charge < -0.3 is 19.7 Å². The molecule has 1 N–H and O–H groups in total. The number of piperidine rings is 1. The van der Waals surface area contributed by atoms with Crippen LogP contribution < -0.4 is 10.1 Å². The molecule has 172 valence electrons. The number of anilines is 2. The predicted molar refractivity (Wildman–Crippen MR) is 120 cm³/mol. The molecule has 32 heavy (non-hydrogen) atoms. The van der Waals surface area contributed by atoms with Crippen LogP contribution in [0.4, 0.5) is 20.7 Å². The molecule has 1 saturated carbocycles. The molecule has 2 aromatic rings. The van der Waals surface area contributed by atoms with Crippen molar-refractivity contribution in [2.24, 2.45) is 11.3 Å². The Labute approximate surface area is 188 Å². The highest BCUT2D eigenvalue weighted by Crippen LogP contribution is 2.58. The summed E-state index contributed by atoms with van der Waals surface area (Å²) < 4.78 is 25.8. The van der Waals surface area contributed by atoms with Gasteiger partial charge in [0.25, 0.3) is 0 Å². The standard InChI is InChI=1S/C24H31FN4O3/c1-5-17-6-7-20(19(25)10-17)28-21-16(4)22(27-14-26-21)31-13-24-8-9-29(12-18(24)11-24)23(30)32-15(2)3/h6-7,10,14-15,18H,5,8-9,11-13H2,1-4H3,(H,26,27,28). The van der Waals surface area contributed by atoms with E-state index >= 15 is 0 Å². The number of nitrogens with one attached hydrogen (secondary N) is 1. The zero-order valence-corrected chi connectivity index (χ0v) is 19.2. The van der Waals surface area contributed by atoms with Gasteiger partial charge in [-0.05, 0) is 63.6 Å². The maximum absolute atomic E-state index is 14.4. The summed E-state index contributed by atoms with van der Waals surface area (Å²) in [6.07, 6.45) is 3.77. The first-order chi connectivity index (χ1) is 15.3. The second kappa shape index (κ2) is 8.92. The molecule has 1 aliphatic carbocycles. The molecule has 1 amide bonds. The summed E-state index contributed by atoms with van der Waals surface area (Å²) in [5.74, 6) is 1.12. The number of aryl methyl sites for hydroxylation is 1. The zero-order valence-electron chi connectivity index (χ0n) is 19.2. The molecule has 8 heteroatoms. The fourth-order valence-electron chi connectivity index (χ4n) is 4.33. The van der Waals surface area contributed by atoms with Crippen LogP contribution in [-0.4, -0.2) is 46.8 Å². The van der Waals surface area contributed by atoms with Crippen LogP contribution in [0.1, 0.15) is 44.7 Å². The number of carbonyl (C=O) groups is 1. The lowest BCUT2D eigenvalue weighted by Crippen LogP contribution is -2.41. The average molecular weight is 443 g/mol. The smallest absolute Gasteiger partial charge is 0.410 e. The fraction of sp³-hybridized carbons (Fsp3) is 0.542. The normalized spacial score (nSPS) is 21.8. The van der Waals surface area contributed by atoms with Crippen LogP contribution in [0.25, 0.3) is 0 Å². The van der Waals surface area contributed by atoms with Crippen LogP contribution in [0.5, 0.6) is 5.88 Å². The maximum atomic E-state index is 14.4. The Hall–Kier alpha value is -2.90. The molecule has 0 radical (unpaired) electrons. The highest BCUT2D eigenvalue weighted by molar-refractivity contribution is 5.68.